The van der Waals surface area contributed by atoms with E-state index in [0.29, 0.717) is 0 Å². The molecule has 0 aliphatic rings. The molecule has 1 heterocycles. The number of rotatable bonds is 4. The molecule has 3 rings (SSSR count). The molecule has 0 saturated carbocycles. The van der Waals surface area contributed by atoms with E-state index in [1.54, 1.807) is 18.3 Å². The lowest BCUT2D eigenvalue weighted by atomic mass is 10.0. The average molecular weight is 367 g/mol. The normalized spacial score (nSPS) is 11.7. The molecule has 1 aromatic heterocycles. The predicted molar refractivity (Wildman–Crippen MR) is 101 cm³/mol. The van der Waals surface area contributed by atoms with Gasteiger partial charge in [0.1, 0.15) is 5.75 Å². The third kappa shape index (κ3) is 3.27. The van der Waals surface area contributed by atoms with Gasteiger partial charge >= 0.3 is 0 Å². The van der Waals surface area contributed by atoms with E-state index in [9.17, 15) is 5.11 Å². The van der Waals surface area contributed by atoms with Crippen LogP contribution in [-0.4, -0.2) is 15.9 Å². The Bertz CT molecular complexity index is 905. The molecule has 2 aromatic carbocycles. The molecule has 0 aliphatic carbocycles. The van der Waals surface area contributed by atoms with E-state index in [1.807, 2.05) is 35.2 Å². The molecular weight excluding hydrogens is 352 g/mol. The number of phenols is 1. The maximum atomic E-state index is 9.42. The van der Waals surface area contributed by atoms with E-state index in [4.69, 9.17) is 0 Å². The van der Waals surface area contributed by atoms with Crippen molar-refractivity contribution in [2.75, 3.05) is 0 Å². The summed E-state index contributed by atoms with van der Waals surface area (Å²) in [5, 5.41) is 10.6. The van der Waals surface area contributed by atoms with Gasteiger partial charge in [-0.2, -0.15) is 0 Å². The van der Waals surface area contributed by atoms with Crippen LogP contribution in [0.15, 0.2) is 77.0 Å². The van der Waals surface area contributed by atoms with Crippen molar-refractivity contribution in [3.63, 3.8) is 0 Å². The third-order valence-corrected chi connectivity index (χ3v) is 4.14. The lowest BCUT2D eigenvalue weighted by Crippen LogP contribution is -1.84. The Labute approximate surface area is 143 Å². The first-order valence-electron chi connectivity index (χ1n) is 7.09. The van der Waals surface area contributed by atoms with E-state index in [1.165, 1.54) is 6.20 Å². The molecule has 0 bridgehead atoms. The molecule has 3 nitrogen and oxygen atoms in total. The monoisotopic (exact) mass is 366 g/mol. The van der Waals surface area contributed by atoms with Crippen LogP contribution in [0.25, 0.3) is 28.2 Å². The predicted octanol–water partition coefficient (Wildman–Crippen LogP) is 5.46. The van der Waals surface area contributed by atoms with Crippen LogP contribution in [0.5, 0.6) is 5.75 Å². The van der Waals surface area contributed by atoms with Gasteiger partial charge in [0.2, 0.25) is 0 Å². The fourth-order valence-electron chi connectivity index (χ4n) is 2.41. The van der Waals surface area contributed by atoms with Gasteiger partial charge in [-0.05, 0) is 51.3 Å². The number of hydrogen-bond acceptors (Lipinski definition) is 2. The summed E-state index contributed by atoms with van der Waals surface area (Å²) in [6, 6.07) is 13.5. The van der Waals surface area contributed by atoms with Crippen LogP contribution in [0.3, 0.4) is 0 Å². The number of phenolic OH excluding ortho intramolecular Hbond substituents is 1. The summed E-state index contributed by atoms with van der Waals surface area (Å²) < 4.78 is 3.08. The topological polar surface area (TPSA) is 37.5 Å². The summed E-state index contributed by atoms with van der Waals surface area (Å²) in [5.41, 5.74) is 3.24. The van der Waals surface area contributed by atoms with Gasteiger partial charge in [-0.15, -0.1) is 0 Å². The van der Waals surface area contributed by atoms with Crippen molar-refractivity contribution < 1.29 is 5.11 Å². The smallest absolute Gasteiger partial charge is 0.115 e. The number of aliphatic imine (C=N–C) groups is 1. The molecule has 4 heteroatoms. The zero-order chi connectivity index (χ0) is 16.2. The van der Waals surface area contributed by atoms with E-state index in [-0.39, 0.29) is 5.75 Å². The standard InChI is InChI=1S/C19H15BrN2O/c1-2-21-10-3-11-22-13-18(20)17-9-6-15(12-19(17)22)14-4-7-16(23)8-5-14/h2-13,23H,1H2/b11-3+,21-10-. The number of nitrogens with zero attached hydrogens (tertiary/aromatic N) is 2. The van der Waals surface area contributed by atoms with Gasteiger partial charge in [-0.3, -0.25) is 4.99 Å². The number of aromatic nitrogens is 1. The summed E-state index contributed by atoms with van der Waals surface area (Å²) in [5.74, 6) is 0.269. The maximum absolute atomic E-state index is 9.42. The van der Waals surface area contributed by atoms with E-state index < -0.39 is 0 Å². The van der Waals surface area contributed by atoms with Crippen molar-refractivity contribution >= 4 is 39.2 Å². The number of hydrogen-bond donors (Lipinski definition) is 1. The second-order valence-electron chi connectivity index (χ2n) is 4.99. The minimum Gasteiger partial charge on any atom is -0.508 e. The minimum atomic E-state index is 0.269. The van der Waals surface area contributed by atoms with Crippen molar-refractivity contribution in [2.24, 2.45) is 4.99 Å². The average Bonchev–Trinajstić information content (AvgIpc) is 2.88. The van der Waals surface area contributed by atoms with Gasteiger partial charge in [0, 0.05) is 34.7 Å². The summed E-state index contributed by atoms with van der Waals surface area (Å²) >= 11 is 3.59. The van der Waals surface area contributed by atoms with E-state index in [0.717, 1.165) is 26.5 Å². The van der Waals surface area contributed by atoms with Gasteiger partial charge < -0.3 is 9.67 Å². The zero-order valence-corrected chi connectivity index (χ0v) is 13.9. The van der Waals surface area contributed by atoms with Crippen LogP contribution in [-0.2, 0) is 0 Å². The highest BCUT2D eigenvalue weighted by Crippen LogP contribution is 2.31. The van der Waals surface area contributed by atoms with E-state index in [2.05, 4.69) is 45.7 Å². The molecule has 1 N–H and O–H groups in total. The van der Waals surface area contributed by atoms with Crippen LogP contribution in [0.1, 0.15) is 0 Å². The number of allylic oxidation sites excluding steroid dienone is 1. The van der Waals surface area contributed by atoms with Crippen LogP contribution in [0.4, 0.5) is 0 Å². The van der Waals surface area contributed by atoms with Crippen LogP contribution in [0, 0.1) is 0 Å². The molecule has 0 aliphatic heterocycles. The SMILES string of the molecule is C=C/N=C\C=C\n1cc(Br)c2ccc(-c3ccc(O)cc3)cc21. The lowest BCUT2D eigenvalue weighted by Gasteiger charge is -2.04. The molecular formula is C19H15BrN2O. The van der Waals surface area contributed by atoms with Gasteiger partial charge in [0.15, 0.2) is 0 Å². The highest BCUT2D eigenvalue weighted by atomic mass is 79.9. The Morgan fingerprint density at radius 2 is 1.83 bits per heavy atom. The molecule has 0 amide bonds. The van der Waals surface area contributed by atoms with Gasteiger partial charge in [0.05, 0.1) is 5.52 Å². The second kappa shape index (κ2) is 6.67. The third-order valence-electron chi connectivity index (χ3n) is 3.51. The number of benzene rings is 2. The number of aromatic hydroxyl groups is 1. The first-order valence-corrected chi connectivity index (χ1v) is 7.88. The molecule has 0 fully saturated rings. The first kappa shape index (κ1) is 15.3. The van der Waals surface area contributed by atoms with Crippen molar-refractivity contribution in [1.82, 2.24) is 4.57 Å². The Hall–Kier alpha value is -2.59. The Morgan fingerprint density at radius 3 is 2.57 bits per heavy atom. The molecule has 0 spiro atoms. The molecule has 3 aromatic rings. The van der Waals surface area contributed by atoms with Gasteiger partial charge in [0.25, 0.3) is 0 Å². The Balaban J connectivity index is 2.07. The first-order chi connectivity index (χ1) is 11.2. The van der Waals surface area contributed by atoms with Gasteiger partial charge in [-0.1, -0.05) is 30.8 Å². The van der Waals surface area contributed by atoms with Crippen molar-refractivity contribution in [3.8, 4) is 16.9 Å². The molecule has 23 heavy (non-hydrogen) atoms. The Morgan fingerprint density at radius 1 is 1.09 bits per heavy atom. The van der Waals surface area contributed by atoms with Crippen LogP contribution < -0.4 is 0 Å². The highest BCUT2D eigenvalue weighted by Gasteiger charge is 2.07. The maximum Gasteiger partial charge on any atom is 0.115 e. The fourth-order valence-corrected chi connectivity index (χ4v) is 2.96. The van der Waals surface area contributed by atoms with Crippen molar-refractivity contribution in [2.45, 2.75) is 0 Å². The second-order valence-corrected chi connectivity index (χ2v) is 5.84. The summed E-state index contributed by atoms with van der Waals surface area (Å²) in [6.45, 7) is 3.55. The molecule has 0 radical (unpaired) electrons. The summed E-state index contributed by atoms with van der Waals surface area (Å²) in [4.78, 5) is 3.95. The number of fused-ring (bicyclic) bond motifs is 1. The minimum absolute atomic E-state index is 0.269. The Kier molecular flexibility index (Phi) is 4.44. The van der Waals surface area contributed by atoms with Crippen molar-refractivity contribution in [3.05, 3.63) is 72.0 Å². The lowest BCUT2D eigenvalue weighted by molar-refractivity contribution is 0.475. The zero-order valence-electron chi connectivity index (χ0n) is 12.4. The highest BCUT2D eigenvalue weighted by molar-refractivity contribution is 9.10. The summed E-state index contributed by atoms with van der Waals surface area (Å²) in [6.07, 6.45) is 9.01. The fraction of sp³-hybridized carbons (Fsp3) is 0. The molecule has 0 atom stereocenters. The molecule has 0 unspecified atom stereocenters. The number of halogens is 1. The molecule has 0 saturated heterocycles. The van der Waals surface area contributed by atoms with Crippen LogP contribution in [0.2, 0.25) is 0 Å². The van der Waals surface area contributed by atoms with E-state index >= 15 is 0 Å². The van der Waals surface area contributed by atoms with Crippen LogP contribution >= 0.6 is 15.9 Å². The van der Waals surface area contributed by atoms with Crippen molar-refractivity contribution in [1.29, 1.82) is 0 Å². The summed E-state index contributed by atoms with van der Waals surface area (Å²) in [7, 11) is 0. The largest absolute Gasteiger partial charge is 0.508 e. The quantitative estimate of drug-likeness (QED) is 0.611. The molecule has 114 valence electrons. The van der Waals surface area contributed by atoms with Gasteiger partial charge in [-0.25, -0.2) is 0 Å².